The van der Waals surface area contributed by atoms with Crippen LogP contribution in [0.2, 0.25) is 0 Å². The van der Waals surface area contributed by atoms with Crippen LogP contribution in [0.4, 0.5) is 13.2 Å². The Kier molecular flexibility index (Phi) is 10.3. The Morgan fingerprint density at radius 2 is 1.92 bits per heavy atom. The van der Waals surface area contributed by atoms with Gasteiger partial charge in [0.15, 0.2) is 17.0 Å². The van der Waals surface area contributed by atoms with Crippen molar-refractivity contribution in [2.24, 2.45) is 16.6 Å². The number of nitrogens with two attached hydrogens (primary N) is 1. The van der Waals surface area contributed by atoms with E-state index in [1.54, 1.807) is 6.21 Å². The van der Waals surface area contributed by atoms with E-state index in [0.29, 0.717) is 24.8 Å². The molecular formula is C25H32F3N5O4S. The minimum absolute atomic E-state index is 0.108. The summed E-state index contributed by atoms with van der Waals surface area (Å²) in [7, 11) is 0. The zero-order chi connectivity index (χ0) is 28.0. The van der Waals surface area contributed by atoms with Crippen LogP contribution in [0.25, 0.3) is 0 Å². The SMILES string of the molecule is CC(C)C(NC1CC=C(CNC(=O)[C@@H]2SCCN2C(=O)C[C@H](N)Cc2cc(F)c(F)cc2F)C=N1)C(=O)O. The van der Waals surface area contributed by atoms with Crippen molar-refractivity contribution in [1.82, 2.24) is 15.5 Å². The van der Waals surface area contributed by atoms with Crippen LogP contribution in [-0.2, 0) is 20.8 Å². The summed E-state index contributed by atoms with van der Waals surface area (Å²) >= 11 is 1.31. The Hall–Kier alpha value is -2.90. The number of nitrogens with zero attached hydrogens (tertiary/aromatic N) is 2. The Morgan fingerprint density at radius 3 is 2.55 bits per heavy atom. The highest BCUT2D eigenvalue weighted by molar-refractivity contribution is 8.00. The van der Waals surface area contributed by atoms with E-state index in [4.69, 9.17) is 5.73 Å². The molecule has 0 aromatic heterocycles. The molecular weight excluding hydrogens is 523 g/mol. The first kappa shape index (κ1) is 29.7. The first-order valence-corrected chi connectivity index (χ1v) is 13.3. The number of benzene rings is 1. The van der Waals surface area contributed by atoms with Crippen LogP contribution in [0, 0.1) is 23.4 Å². The van der Waals surface area contributed by atoms with Crippen LogP contribution in [0.15, 0.2) is 28.8 Å². The quantitative estimate of drug-likeness (QED) is 0.306. The highest BCUT2D eigenvalue weighted by Crippen LogP contribution is 2.25. The zero-order valence-corrected chi connectivity index (χ0v) is 21.9. The zero-order valence-electron chi connectivity index (χ0n) is 21.1. The van der Waals surface area contributed by atoms with Gasteiger partial charge in [-0.05, 0) is 29.5 Å². The van der Waals surface area contributed by atoms with Crippen molar-refractivity contribution in [1.29, 1.82) is 0 Å². The molecule has 1 fully saturated rings. The number of dihydropyridines is 1. The summed E-state index contributed by atoms with van der Waals surface area (Å²) in [5.41, 5.74) is 6.61. The number of carboxylic acids is 1. The number of amides is 2. The molecule has 2 amide bonds. The van der Waals surface area contributed by atoms with E-state index in [2.05, 4.69) is 15.6 Å². The van der Waals surface area contributed by atoms with Crippen molar-refractivity contribution in [2.75, 3.05) is 18.8 Å². The van der Waals surface area contributed by atoms with Crippen molar-refractivity contribution in [3.63, 3.8) is 0 Å². The largest absolute Gasteiger partial charge is 0.480 e. The molecule has 2 unspecified atom stereocenters. The van der Waals surface area contributed by atoms with Gasteiger partial charge in [-0.25, -0.2) is 13.2 Å². The van der Waals surface area contributed by atoms with E-state index in [1.165, 1.54) is 16.7 Å². The molecule has 1 saturated heterocycles. The maximum Gasteiger partial charge on any atom is 0.321 e. The summed E-state index contributed by atoms with van der Waals surface area (Å²) in [6.45, 7) is 4.15. The van der Waals surface area contributed by atoms with E-state index in [0.717, 1.165) is 11.6 Å². The van der Waals surface area contributed by atoms with Gasteiger partial charge in [0, 0.05) is 50.0 Å². The van der Waals surface area contributed by atoms with Crippen LogP contribution in [0.3, 0.4) is 0 Å². The summed E-state index contributed by atoms with van der Waals surface area (Å²) < 4.78 is 40.5. The smallest absolute Gasteiger partial charge is 0.321 e. The normalized spacial score (nSPS) is 20.8. The lowest BCUT2D eigenvalue weighted by Gasteiger charge is -2.25. The molecule has 1 aromatic rings. The molecule has 2 heterocycles. The summed E-state index contributed by atoms with van der Waals surface area (Å²) in [5, 5.41) is 14.4. The molecule has 13 heteroatoms. The highest BCUT2D eigenvalue weighted by atomic mass is 32.2. The van der Waals surface area contributed by atoms with Gasteiger partial charge in [-0.1, -0.05) is 19.9 Å². The fourth-order valence-electron chi connectivity index (χ4n) is 4.18. The third kappa shape index (κ3) is 7.81. The second-order valence-corrected chi connectivity index (χ2v) is 10.8. The molecule has 9 nitrogen and oxygen atoms in total. The standard InChI is InChI=1S/C25H32F3N5O4S/c1-13(2)22(25(36)37)32-20-4-3-14(11-30-20)12-31-23(35)24-33(5-6-38-24)21(34)9-16(29)7-15-8-18(27)19(28)10-17(15)26/h3,8,10-11,13,16,20,22,24,32H,4-7,9,12,29H2,1-2H3,(H,31,35)(H,36,37)/t16-,20?,22?,24+/m1/s1. The maximum atomic E-state index is 13.9. The number of nitrogens with one attached hydrogen (secondary N) is 2. The summed E-state index contributed by atoms with van der Waals surface area (Å²) in [6.07, 6.45) is 3.19. The number of rotatable bonds is 11. The average Bonchev–Trinajstić information content (AvgIpc) is 3.35. The summed E-state index contributed by atoms with van der Waals surface area (Å²) in [5.74, 6) is -4.69. The molecule has 4 atom stereocenters. The molecule has 208 valence electrons. The van der Waals surface area contributed by atoms with Gasteiger partial charge in [-0.3, -0.25) is 24.7 Å². The van der Waals surface area contributed by atoms with E-state index in [-0.39, 0.29) is 42.9 Å². The molecule has 3 rings (SSSR count). The Balaban J connectivity index is 1.48. The third-order valence-electron chi connectivity index (χ3n) is 6.24. The lowest BCUT2D eigenvalue weighted by molar-refractivity contribution is -0.141. The number of aliphatic carboxylic acids is 1. The maximum absolute atomic E-state index is 13.9. The molecule has 0 bridgehead atoms. The van der Waals surface area contributed by atoms with Crippen molar-refractivity contribution >= 4 is 35.8 Å². The first-order chi connectivity index (χ1) is 18.0. The highest BCUT2D eigenvalue weighted by Gasteiger charge is 2.35. The van der Waals surface area contributed by atoms with Gasteiger partial charge in [0.1, 0.15) is 18.0 Å². The van der Waals surface area contributed by atoms with Gasteiger partial charge in [-0.2, -0.15) is 0 Å². The molecule has 0 aliphatic carbocycles. The minimum atomic E-state index is -1.30. The van der Waals surface area contributed by atoms with Gasteiger partial charge < -0.3 is 21.1 Å². The van der Waals surface area contributed by atoms with Gasteiger partial charge in [0.25, 0.3) is 5.91 Å². The average molecular weight is 556 g/mol. The predicted molar refractivity (Wildman–Crippen MR) is 138 cm³/mol. The fraction of sp³-hybridized carbons (Fsp3) is 0.520. The second-order valence-electron chi connectivity index (χ2n) is 9.59. The van der Waals surface area contributed by atoms with Crippen molar-refractivity contribution in [2.45, 2.75) is 56.7 Å². The summed E-state index contributed by atoms with van der Waals surface area (Å²) in [4.78, 5) is 42.8. The monoisotopic (exact) mass is 555 g/mol. The number of carbonyl (C=O) groups excluding carboxylic acids is 2. The predicted octanol–water partition coefficient (Wildman–Crippen LogP) is 1.81. The topological polar surface area (TPSA) is 137 Å². The van der Waals surface area contributed by atoms with Gasteiger partial charge in [-0.15, -0.1) is 11.8 Å². The molecule has 5 N–H and O–H groups in total. The molecule has 0 spiro atoms. The van der Waals surface area contributed by atoms with Crippen molar-refractivity contribution in [3.05, 3.63) is 46.8 Å². The molecule has 2 aliphatic rings. The van der Waals surface area contributed by atoms with Crippen LogP contribution in [0.1, 0.15) is 32.3 Å². The number of aliphatic imine (C=N–C) groups is 1. The van der Waals surface area contributed by atoms with Gasteiger partial charge in [0.05, 0.1) is 0 Å². The van der Waals surface area contributed by atoms with Crippen LogP contribution in [0.5, 0.6) is 0 Å². The molecule has 2 aliphatic heterocycles. The van der Waals surface area contributed by atoms with Crippen LogP contribution >= 0.6 is 11.8 Å². The number of hydrogen-bond donors (Lipinski definition) is 4. The first-order valence-electron chi connectivity index (χ1n) is 12.2. The van der Waals surface area contributed by atoms with Crippen molar-refractivity contribution in [3.8, 4) is 0 Å². The third-order valence-corrected chi connectivity index (χ3v) is 7.44. The number of hydrogen-bond acceptors (Lipinski definition) is 7. The Labute approximate surface area is 223 Å². The number of carbonyl (C=O) groups is 3. The lowest BCUT2D eigenvalue weighted by atomic mass is 10.0. The van der Waals surface area contributed by atoms with Crippen LogP contribution < -0.4 is 16.4 Å². The van der Waals surface area contributed by atoms with E-state index >= 15 is 0 Å². The molecule has 0 radical (unpaired) electrons. The minimum Gasteiger partial charge on any atom is -0.480 e. The van der Waals surface area contributed by atoms with E-state index in [9.17, 15) is 32.7 Å². The Bertz CT molecular complexity index is 1120. The van der Waals surface area contributed by atoms with E-state index in [1.807, 2.05) is 19.9 Å². The number of carboxylic acid groups (broad SMARTS) is 1. The Morgan fingerprint density at radius 1 is 1.21 bits per heavy atom. The lowest BCUT2D eigenvalue weighted by Crippen LogP contribution is -2.47. The van der Waals surface area contributed by atoms with Gasteiger partial charge in [0.2, 0.25) is 5.91 Å². The summed E-state index contributed by atoms with van der Waals surface area (Å²) in [6, 6.07) is -0.401. The van der Waals surface area contributed by atoms with Crippen molar-refractivity contribution < 1.29 is 32.7 Å². The fourth-order valence-corrected chi connectivity index (χ4v) is 5.35. The van der Waals surface area contributed by atoms with Gasteiger partial charge >= 0.3 is 5.97 Å². The second kappa shape index (κ2) is 13.3. The number of halogens is 3. The van der Waals surface area contributed by atoms with Crippen LogP contribution in [-0.4, -0.2) is 76.5 Å². The molecule has 0 saturated carbocycles. The number of thioether (sulfide) groups is 1. The van der Waals surface area contributed by atoms with E-state index < -0.39 is 46.8 Å². The molecule has 1 aromatic carbocycles. The molecule has 38 heavy (non-hydrogen) atoms.